The van der Waals surface area contributed by atoms with Gasteiger partial charge in [0.25, 0.3) is 5.91 Å². The molecule has 1 aliphatic rings. The van der Waals surface area contributed by atoms with Crippen molar-refractivity contribution in [1.29, 1.82) is 0 Å². The molecule has 0 saturated carbocycles. The SMILES string of the molecule is O=C1Nc2ccccc2/C1=C/c1ccco1. The lowest BCUT2D eigenvalue weighted by Gasteiger charge is -1.95. The van der Waals surface area contributed by atoms with Crippen LogP contribution in [0.5, 0.6) is 0 Å². The summed E-state index contributed by atoms with van der Waals surface area (Å²) in [6, 6.07) is 11.2. The van der Waals surface area contributed by atoms with E-state index in [1.54, 1.807) is 18.4 Å². The Balaban J connectivity index is 2.12. The molecule has 0 radical (unpaired) electrons. The number of amides is 1. The van der Waals surface area contributed by atoms with Crippen molar-refractivity contribution in [3.8, 4) is 0 Å². The molecule has 3 heteroatoms. The Morgan fingerprint density at radius 1 is 1.12 bits per heavy atom. The first kappa shape index (κ1) is 8.97. The fourth-order valence-electron chi connectivity index (χ4n) is 1.80. The van der Waals surface area contributed by atoms with E-state index in [9.17, 15) is 4.79 Å². The van der Waals surface area contributed by atoms with Crippen molar-refractivity contribution < 1.29 is 9.21 Å². The highest BCUT2D eigenvalue weighted by atomic mass is 16.3. The maximum Gasteiger partial charge on any atom is 0.256 e. The lowest BCUT2D eigenvalue weighted by Crippen LogP contribution is -2.03. The molecule has 0 unspecified atom stereocenters. The number of fused-ring (bicyclic) bond motifs is 1. The summed E-state index contributed by atoms with van der Waals surface area (Å²) < 4.78 is 5.20. The van der Waals surface area contributed by atoms with Gasteiger partial charge in [-0.25, -0.2) is 0 Å². The summed E-state index contributed by atoms with van der Waals surface area (Å²) in [6.45, 7) is 0. The van der Waals surface area contributed by atoms with Crippen LogP contribution in [-0.2, 0) is 4.79 Å². The molecule has 0 fully saturated rings. The standard InChI is InChI=1S/C13H9NO2/c15-13-11(8-9-4-3-7-16-9)10-5-1-2-6-12(10)14-13/h1-8H,(H,14,15)/b11-8-. The quantitative estimate of drug-likeness (QED) is 0.737. The van der Waals surface area contributed by atoms with E-state index in [1.165, 1.54) is 0 Å². The van der Waals surface area contributed by atoms with E-state index in [0.717, 1.165) is 11.3 Å². The van der Waals surface area contributed by atoms with Crippen LogP contribution in [0.4, 0.5) is 5.69 Å². The van der Waals surface area contributed by atoms with Crippen molar-refractivity contribution in [1.82, 2.24) is 0 Å². The highest BCUT2D eigenvalue weighted by Crippen LogP contribution is 2.32. The topological polar surface area (TPSA) is 42.2 Å². The molecule has 0 saturated heterocycles. The Kier molecular flexibility index (Phi) is 1.90. The summed E-state index contributed by atoms with van der Waals surface area (Å²) >= 11 is 0. The molecule has 0 aliphatic carbocycles. The number of benzene rings is 1. The molecule has 3 nitrogen and oxygen atoms in total. The van der Waals surface area contributed by atoms with E-state index < -0.39 is 0 Å². The van der Waals surface area contributed by atoms with Gasteiger partial charge in [-0.1, -0.05) is 18.2 Å². The molecular formula is C13H9NO2. The second-order valence-corrected chi connectivity index (χ2v) is 3.57. The average molecular weight is 211 g/mol. The Bertz CT molecular complexity index is 567. The number of hydrogen-bond acceptors (Lipinski definition) is 2. The zero-order chi connectivity index (χ0) is 11.0. The Labute approximate surface area is 92.4 Å². The third-order valence-corrected chi connectivity index (χ3v) is 2.54. The van der Waals surface area contributed by atoms with Gasteiger partial charge >= 0.3 is 0 Å². The number of anilines is 1. The fourth-order valence-corrected chi connectivity index (χ4v) is 1.80. The Morgan fingerprint density at radius 2 is 2.00 bits per heavy atom. The van der Waals surface area contributed by atoms with Crippen molar-refractivity contribution in [3.63, 3.8) is 0 Å². The monoisotopic (exact) mass is 211 g/mol. The minimum atomic E-state index is -0.0856. The van der Waals surface area contributed by atoms with Crippen molar-refractivity contribution in [2.45, 2.75) is 0 Å². The van der Waals surface area contributed by atoms with Crippen LogP contribution in [-0.4, -0.2) is 5.91 Å². The van der Waals surface area contributed by atoms with E-state index in [4.69, 9.17) is 4.42 Å². The second kappa shape index (κ2) is 3.38. The molecular weight excluding hydrogens is 202 g/mol. The third-order valence-electron chi connectivity index (χ3n) is 2.54. The highest BCUT2D eigenvalue weighted by Gasteiger charge is 2.23. The van der Waals surface area contributed by atoms with Crippen LogP contribution in [0, 0.1) is 0 Å². The summed E-state index contributed by atoms with van der Waals surface area (Å²) in [5.41, 5.74) is 2.42. The average Bonchev–Trinajstić information content (AvgIpc) is 2.89. The maximum absolute atomic E-state index is 11.7. The molecule has 1 aliphatic heterocycles. The number of carbonyl (C=O) groups excluding carboxylic acids is 1. The number of carbonyl (C=O) groups is 1. The van der Waals surface area contributed by atoms with Crippen molar-refractivity contribution >= 4 is 23.2 Å². The smallest absolute Gasteiger partial charge is 0.256 e. The molecule has 1 amide bonds. The first-order valence-corrected chi connectivity index (χ1v) is 5.00. The fraction of sp³-hybridized carbons (Fsp3) is 0. The number of rotatable bonds is 1. The molecule has 78 valence electrons. The third kappa shape index (κ3) is 1.34. The second-order valence-electron chi connectivity index (χ2n) is 3.57. The molecule has 2 aromatic rings. The molecule has 1 aromatic heterocycles. The van der Waals surface area contributed by atoms with Gasteiger partial charge in [-0.15, -0.1) is 0 Å². The zero-order valence-electron chi connectivity index (χ0n) is 8.44. The summed E-state index contributed by atoms with van der Waals surface area (Å²) in [7, 11) is 0. The molecule has 3 rings (SSSR count). The predicted molar refractivity (Wildman–Crippen MR) is 61.7 cm³/mol. The first-order valence-electron chi connectivity index (χ1n) is 5.00. The van der Waals surface area contributed by atoms with Crippen molar-refractivity contribution in [2.75, 3.05) is 5.32 Å². The van der Waals surface area contributed by atoms with Crippen molar-refractivity contribution in [2.24, 2.45) is 0 Å². The minimum absolute atomic E-state index is 0.0856. The zero-order valence-corrected chi connectivity index (χ0v) is 8.44. The summed E-state index contributed by atoms with van der Waals surface area (Å²) in [4.78, 5) is 11.7. The van der Waals surface area contributed by atoms with Gasteiger partial charge in [0.1, 0.15) is 5.76 Å². The summed E-state index contributed by atoms with van der Waals surface area (Å²) in [6.07, 6.45) is 3.34. The van der Waals surface area contributed by atoms with Crippen molar-refractivity contribution in [3.05, 3.63) is 54.0 Å². The van der Waals surface area contributed by atoms with Crippen LogP contribution in [0.3, 0.4) is 0 Å². The Hall–Kier alpha value is -2.29. The van der Waals surface area contributed by atoms with Crippen LogP contribution < -0.4 is 5.32 Å². The van der Waals surface area contributed by atoms with E-state index in [0.29, 0.717) is 11.3 Å². The molecule has 2 heterocycles. The van der Waals surface area contributed by atoms with E-state index >= 15 is 0 Å². The lowest BCUT2D eigenvalue weighted by atomic mass is 10.1. The van der Waals surface area contributed by atoms with Gasteiger partial charge in [-0.2, -0.15) is 0 Å². The van der Waals surface area contributed by atoms with Crippen LogP contribution in [0.1, 0.15) is 11.3 Å². The normalized spacial score (nSPS) is 16.2. The van der Waals surface area contributed by atoms with Gasteiger partial charge in [-0.05, 0) is 24.3 Å². The first-order chi connectivity index (χ1) is 7.84. The van der Waals surface area contributed by atoms with Crippen LogP contribution >= 0.6 is 0 Å². The maximum atomic E-state index is 11.7. The van der Waals surface area contributed by atoms with Crippen LogP contribution in [0.15, 0.2) is 47.1 Å². The number of nitrogens with one attached hydrogen (secondary N) is 1. The Morgan fingerprint density at radius 3 is 2.81 bits per heavy atom. The molecule has 0 bridgehead atoms. The summed E-state index contributed by atoms with van der Waals surface area (Å²) in [5.74, 6) is 0.597. The molecule has 1 N–H and O–H groups in total. The van der Waals surface area contributed by atoms with Gasteiger partial charge < -0.3 is 9.73 Å². The van der Waals surface area contributed by atoms with Crippen LogP contribution in [0.25, 0.3) is 11.6 Å². The molecule has 16 heavy (non-hydrogen) atoms. The molecule has 0 spiro atoms. The van der Waals surface area contributed by atoms with E-state index in [-0.39, 0.29) is 5.91 Å². The molecule has 0 atom stereocenters. The number of hydrogen-bond donors (Lipinski definition) is 1. The minimum Gasteiger partial charge on any atom is -0.465 e. The summed E-state index contributed by atoms with van der Waals surface area (Å²) in [5, 5.41) is 2.81. The van der Waals surface area contributed by atoms with Gasteiger partial charge in [0.05, 0.1) is 11.8 Å². The van der Waals surface area contributed by atoms with Gasteiger partial charge in [-0.3, -0.25) is 4.79 Å². The largest absolute Gasteiger partial charge is 0.465 e. The van der Waals surface area contributed by atoms with E-state index in [2.05, 4.69) is 5.32 Å². The van der Waals surface area contributed by atoms with Crippen LogP contribution in [0.2, 0.25) is 0 Å². The highest BCUT2D eigenvalue weighted by molar-refractivity contribution is 6.34. The van der Waals surface area contributed by atoms with Gasteiger partial charge in [0, 0.05) is 11.3 Å². The lowest BCUT2D eigenvalue weighted by molar-refractivity contribution is -0.110. The van der Waals surface area contributed by atoms with Gasteiger partial charge in [0.2, 0.25) is 0 Å². The van der Waals surface area contributed by atoms with Gasteiger partial charge in [0.15, 0.2) is 0 Å². The number of furan rings is 1. The number of para-hydroxylation sites is 1. The van der Waals surface area contributed by atoms with E-state index in [1.807, 2.05) is 30.3 Å². The molecule has 1 aromatic carbocycles. The predicted octanol–water partition coefficient (Wildman–Crippen LogP) is 2.77.